The van der Waals surface area contributed by atoms with Gasteiger partial charge >= 0.3 is 6.18 Å². The SMILES string of the molecule is Cc1cc2nc(C3CCN(C(=O)[C@H]4C[C@H]5C=C[C@@H]4C54CC4)CC3)cc(C(F)(F)F)n2n1. The number of amides is 1. The number of carbonyl (C=O) groups is 1. The molecular weight excluding hydrogens is 405 g/mol. The lowest BCUT2D eigenvalue weighted by Crippen LogP contribution is -2.42. The van der Waals surface area contributed by atoms with E-state index < -0.39 is 11.9 Å². The number of hydrogen-bond acceptors (Lipinski definition) is 3. The van der Waals surface area contributed by atoms with E-state index in [0.29, 0.717) is 54.6 Å². The molecule has 3 fully saturated rings. The van der Waals surface area contributed by atoms with Crippen LogP contribution in [0.15, 0.2) is 24.3 Å². The number of hydrogen-bond donors (Lipinski definition) is 0. The fourth-order valence-electron chi connectivity index (χ4n) is 6.41. The number of carbonyl (C=O) groups excluding carboxylic acids is 1. The molecule has 1 aliphatic heterocycles. The molecule has 0 radical (unpaired) electrons. The molecule has 164 valence electrons. The Hall–Kier alpha value is -2.38. The van der Waals surface area contributed by atoms with Gasteiger partial charge in [-0.3, -0.25) is 4.79 Å². The number of allylic oxidation sites excluding steroid dienone is 2. The molecule has 0 aromatic carbocycles. The van der Waals surface area contributed by atoms with Crippen molar-refractivity contribution in [3.8, 4) is 0 Å². The topological polar surface area (TPSA) is 50.5 Å². The van der Waals surface area contributed by atoms with Gasteiger partial charge in [0.05, 0.1) is 5.69 Å². The third kappa shape index (κ3) is 2.86. The number of halogens is 3. The Balaban J connectivity index is 1.19. The highest BCUT2D eigenvalue weighted by atomic mass is 19.4. The smallest absolute Gasteiger partial charge is 0.342 e. The van der Waals surface area contributed by atoms with E-state index in [4.69, 9.17) is 0 Å². The molecular formula is C23H25F3N4O. The molecule has 0 unspecified atom stereocenters. The van der Waals surface area contributed by atoms with E-state index in [1.54, 1.807) is 13.0 Å². The fourth-order valence-corrected chi connectivity index (χ4v) is 6.41. The molecule has 2 aromatic rings. The molecule has 8 heteroatoms. The number of alkyl halides is 3. The van der Waals surface area contributed by atoms with Gasteiger partial charge in [0.2, 0.25) is 5.91 Å². The van der Waals surface area contributed by atoms with Crippen molar-refractivity contribution in [2.45, 2.75) is 51.1 Å². The van der Waals surface area contributed by atoms with Crippen molar-refractivity contribution in [1.29, 1.82) is 0 Å². The van der Waals surface area contributed by atoms with E-state index in [2.05, 4.69) is 22.2 Å². The molecule has 6 rings (SSSR count). The Bertz CT molecular complexity index is 1090. The van der Waals surface area contributed by atoms with E-state index in [9.17, 15) is 18.0 Å². The number of rotatable bonds is 2. The maximum absolute atomic E-state index is 13.6. The first-order valence-corrected chi connectivity index (χ1v) is 11.2. The minimum atomic E-state index is -4.50. The van der Waals surface area contributed by atoms with Crippen molar-refractivity contribution in [3.63, 3.8) is 0 Å². The summed E-state index contributed by atoms with van der Waals surface area (Å²) in [5.41, 5.74) is 0.775. The van der Waals surface area contributed by atoms with Crippen molar-refractivity contribution in [2.75, 3.05) is 13.1 Å². The van der Waals surface area contributed by atoms with Gasteiger partial charge in [0, 0.05) is 36.7 Å². The second kappa shape index (κ2) is 6.33. The third-order valence-electron chi connectivity index (χ3n) is 8.12. The number of aryl methyl sites for hydroxylation is 1. The van der Waals surface area contributed by atoms with Crippen LogP contribution in [0.1, 0.15) is 55.1 Å². The molecule has 31 heavy (non-hydrogen) atoms. The molecule has 1 amide bonds. The van der Waals surface area contributed by atoms with Gasteiger partial charge < -0.3 is 4.90 Å². The van der Waals surface area contributed by atoms with Gasteiger partial charge in [-0.2, -0.15) is 18.3 Å². The molecule has 5 nitrogen and oxygen atoms in total. The second-order valence-electron chi connectivity index (χ2n) is 9.81. The average molecular weight is 430 g/mol. The molecule has 2 aromatic heterocycles. The molecule has 1 saturated heterocycles. The summed E-state index contributed by atoms with van der Waals surface area (Å²) in [5, 5.41) is 3.96. The van der Waals surface area contributed by atoms with Gasteiger partial charge in [-0.05, 0) is 62.3 Å². The predicted molar refractivity (Wildman–Crippen MR) is 107 cm³/mol. The third-order valence-corrected chi connectivity index (χ3v) is 8.12. The number of nitrogens with zero attached hydrogens (tertiary/aromatic N) is 4. The van der Waals surface area contributed by atoms with E-state index in [1.807, 2.05) is 4.90 Å². The van der Waals surface area contributed by atoms with Crippen LogP contribution >= 0.6 is 0 Å². The monoisotopic (exact) mass is 430 g/mol. The van der Waals surface area contributed by atoms with Crippen molar-refractivity contribution < 1.29 is 18.0 Å². The van der Waals surface area contributed by atoms with E-state index >= 15 is 0 Å². The first-order valence-electron chi connectivity index (χ1n) is 11.2. The lowest BCUT2D eigenvalue weighted by molar-refractivity contribution is -0.142. The van der Waals surface area contributed by atoms with Crippen LogP contribution in [-0.4, -0.2) is 38.5 Å². The molecule has 1 spiro atoms. The molecule has 3 atom stereocenters. The molecule has 3 aliphatic carbocycles. The van der Waals surface area contributed by atoms with Crippen molar-refractivity contribution in [2.24, 2.45) is 23.2 Å². The maximum atomic E-state index is 13.6. The van der Waals surface area contributed by atoms with Crippen molar-refractivity contribution in [1.82, 2.24) is 19.5 Å². The quantitative estimate of drug-likeness (QED) is 0.665. The van der Waals surface area contributed by atoms with Crippen molar-refractivity contribution in [3.05, 3.63) is 41.4 Å². The van der Waals surface area contributed by atoms with Gasteiger partial charge in [0.1, 0.15) is 5.69 Å². The summed E-state index contributed by atoms with van der Waals surface area (Å²) < 4.78 is 41.7. The Kier molecular flexibility index (Phi) is 3.94. The minimum absolute atomic E-state index is 0.0833. The summed E-state index contributed by atoms with van der Waals surface area (Å²) in [6, 6.07) is 2.72. The van der Waals surface area contributed by atoms with Crippen LogP contribution in [-0.2, 0) is 11.0 Å². The lowest BCUT2D eigenvalue weighted by atomic mass is 9.86. The zero-order valence-corrected chi connectivity index (χ0v) is 17.4. The van der Waals surface area contributed by atoms with Crippen LogP contribution in [0.25, 0.3) is 5.65 Å². The van der Waals surface area contributed by atoms with Gasteiger partial charge in [-0.15, -0.1) is 0 Å². The van der Waals surface area contributed by atoms with Crippen LogP contribution in [0.2, 0.25) is 0 Å². The van der Waals surface area contributed by atoms with Crippen LogP contribution in [0, 0.1) is 30.1 Å². The second-order valence-corrected chi connectivity index (χ2v) is 9.81. The highest BCUT2D eigenvalue weighted by Crippen LogP contribution is 2.70. The summed E-state index contributed by atoms with van der Waals surface area (Å²) in [7, 11) is 0. The fraction of sp³-hybridized carbons (Fsp3) is 0.609. The Morgan fingerprint density at radius 2 is 1.90 bits per heavy atom. The summed E-state index contributed by atoms with van der Waals surface area (Å²) in [6.45, 7) is 2.83. The normalized spacial score (nSPS) is 29.4. The van der Waals surface area contributed by atoms with E-state index in [1.165, 1.54) is 12.8 Å². The Labute approximate surface area is 178 Å². The summed E-state index contributed by atoms with van der Waals surface area (Å²) >= 11 is 0. The molecule has 3 heterocycles. The van der Waals surface area contributed by atoms with Gasteiger partial charge in [0.15, 0.2) is 5.65 Å². The number of piperidine rings is 1. The van der Waals surface area contributed by atoms with Crippen molar-refractivity contribution >= 4 is 11.6 Å². The zero-order valence-electron chi connectivity index (χ0n) is 17.4. The average Bonchev–Trinajstić information content (AvgIpc) is 3.24. The molecule has 4 aliphatic rings. The van der Waals surface area contributed by atoms with Gasteiger partial charge in [0.25, 0.3) is 0 Å². The Morgan fingerprint density at radius 3 is 2.55 bits per heavy atom. The van der Waals surface area contributed by atoms with Crippen LogP contribution in [0.4, 0.5) is 13.2 Å². The minimum Gasteiger partial charge on any atom is -0.342 e. The van der Waals surface area contributed by atoms with Gasteiger partial charge in [-0.25, -0.2) is 9.50 Å². The zero-order chi connectivity index (χ0) is 21.5. The number of likely N-dealkylation sites (tertiary alicyclic amines) is 1. The first-order chi connectivity index (χ1) is 14.8. The van der Waals surface area contributed by atoms with E-state index in [-0.39, 0.29) is 23.4 Å². The highest BCUT2D eigenvalue weighted by Gasteiger charge is 2.64. The first kappa shape index (κ1) is 19.3. The number of aromatic nitrogens is 3. The lowest BCUT2D eigenvalue weighted by Gasteiger charge is -2.35. The summed E-state index contributed by atoms with van der Waals surface area (Å²) in [5.74, 6) is 1.22. The Morgan fingerprint density at radius 1 is 1.16 bits per heavy atom. The summed E-state index contributed by atoms with van der Waals surface area (Å²) in [4.78, 5) is 19.7. The standard InChI is InChI=1S/C23H25F3N4O/c1-13-10-20-27-18(12-19(23(24,25)26)30(20)28-13)14-4-8-29(9-5-14)21(31)16-11-15-2-3-17(16)22(15)6-7-22/h2-3,10,12,14-17H,4-9,11H2,1H3/t15-,16+,17+/m1/s1. The molecule has 2 saturated carbocycles. The molecule has 0 N–H and O–H groups in total. The highest BCUT2D eigenvalue weighted by molar-refractivity contribution is 5.80. The maximum Gasteiger partial charge on any atom is 0.433 e. The van der Waals surface area contributed by atoms with Crippen LogP contribution in [0.3, 0.4) is 0 Å². The van der Waals surface area contributed by atoms with Crippen LogP contribution in [0.5, 0.6) is 0 Å². The summed E-state index contributed by atoms with van der Waals surface area (Å²) in [6.07, 6.45) is 4.80. The largest absolute Gasteiger partial charge is 0.433 e. The molecule has 2 bridgehead atoms. The van der Waals surface area contributed by atoms with Crippen LogP contribution < -0.4 is 0 Å². The predicted octanol–water partition coefficient (Wildman–Crippen LogP) is 4.36. The van der Waals surface area contributed by atoms with E-state index in [0.717, 1.165) is 17.0 Å². The number of fused-ring (bicyclic) bond motifs is 1. The van der Waals surface area contributed by atoms with Gasteiger partial charge in [-0.1, -0.05) is 12.2 Å².